The highest BCUT2D eigenvalue weighted by Gasteiger charge is 2.23. The topological polar surface area (TPSA) is 18.5 Å². The Hall–Kier alpha value is -0.0800. The fourth-order valence-electron chi connectivity index (χ4n) is 0.823. The standard InChI is InChI=1S/C8H18O2/c1-8(2,3)7(10-5)6-9-4/h7H,6H2,1-5H3. The largest absolute Gasteiger partial charge is 0.382 e. The van der Waals surface area contributed by atoms with Crippen LogP contribution in [0.1, 0.15) is 20.8 Å². The second-order valence-corrected chi connectivity index (χ2v) is 3.55. The molecular weight excluding hydrogens is 128 g/mol. The molecule has 1 atom stereocenters. The molecule has 0 spiro atoms. The van der Waals surface area contributed by atoms with Gasteiger partial charge < -0.3 is 9.47 Å². The van der Waals surface area contributed by atoms with Crippen molar-refractivity contribution in [2.45, 2.75) is 26.9 Å². The third-order valence-corrected chi connectivity index (χ3v) is 1.57. The molecule has 0 aliphatic heterocycles. The average Bonchev–Trinajstić information content (AvgIpc) is 1.80. The number of ether oxygens (including phenoxy) is 2. The summed E-state index contributed by atoms with van der Waals surface area (Å²) in [6, 6.07) is 0. The maximum Gasteiger partial charge on any atom is 0.0852 e. The van der Waals surface area contributed by atoms with Crippen molar-refractivity contribution < 1.29 is 9.47 Å². The summed E-state index contributed by atoms with van der Waals surface area (Å²) in [7, 11) is 3.41. The molecule has 62 valence electrons. The maximum atomic E-state index is 5.23. The van der Waals surface area contributed by atoms with Crippen LogP contribution in [0.15, 0.2) is 0 Å². The van der Waals surface area contributed by atoms with Crippen molar-refractivity contribution in [1.82, 2.24) is 0 Å². The highest BCUT2D eigenvalue weighted by Crippen LogP contribution is 2.21. The first kappa shape index (κ1) is 9.92. The lowest BCUT2D eigenvalue weighted by Gasteiger charge is -2.28. The van der Waals surface area contributed by atoms with Crippen LogP contribution in [0, 0.1) is 5.41 Å². The third-order valence-electron chi connectivity index (χ3n) is 1.57. The molecule has 0 aromatic carbocycles. The van der Waals surface area contributed by atoms with Gasteiger partial charge in [0, 0.05) is 14.2 Å². The molecule has 0 aliphatic rings. The molecule has 2 nitrogen and oxygen atoms in total. The molecular formula is C8H18O2. The van der Waals surface area contributed by atoms with Crippen LogP contribution in [0.5, 0.6) is 0 Å². The fraction of sp³-hybridized carbons (Fsp3) is 1.00. The zero-order valence-electron chi connectivity index (χ0n) is 7.60. The van der Waals surface area contributed by atoms with Gasteiger partial charge in [0.2, 0.25) is 0 Å². The molecule has 0 aliphatic carbocycles. The minimum Gasteiger partial charge on any atom is -0.382 e. The third kappa shape index (κ3) is 3.18. The summed E-state index contributed by atoms with van der Waals surface area (Å²) in [4.78, 5) is 0. The van der Waals surface area contributed by atoms with Crippen LogP contribution < -0.4 is 0 Å². The normalized spacial score (nSPS) is 15.3. The number of methoxy groups -OCH3 is 2. The summed E-state index contributed by atoms with van der Waals surface area (Å²) < 4.78 is 10.2. The van der Waals surface area contributed by atoms with Gasteiger partial charge in [-0.25, -0.2) is 0 Å². The summed E-state index contributed by atoms with van der Waals surface area (Å²) in [5.74, 6) is 0. The van der Waals surface area contributed by atoms with Crippen LogP contribution in [0.4, 0.5) is 0 Å². The van der Waals surface area contributed by atoms with E-state index in [-0.39, 0.29) is 11.5 Å². The van der Waals surface area contributed by atoms with Gasteiger partial charge in [-0.15, -0.1) is 0 Å². The van der Waals surface area contributed by atoms with E-state index in [0.717, 1.165) is 0 Å². The number of rotatable bonds is 3. The maximum absolute atomic E-state index is 5.23. The van der Waals surface area contributed by atoms with Crippen molar-refractivity contribution in [1.29, 1.82) is 0 Å². The summed E-state index contributed by atoms with van der Waals surface area (Å²) in [5.41, 5.74) is 0.171. The Bertz CT molecular complexity index is 83.7. The van der Waals surface area contributed by atoms with E-state index < -0.39 is 0 Å². The van der Waals surface area contributed by atoms with Crippen LogP contribution in [0.25, 0.3) is 0 Å². The van der Waals surface area contributed by atoms with Gasteiger partial charge in [0.15, 0.2) is 0 Å². The highest BCUT2D eigenvalue weighted by molar-refractivity contribution is 4.73. The van der Waals surface area contributed by atoms with Gasteiger partial charge in [0.05, 0.1) is 12.7 Å². The van der Waals surface area contributed by atoms with E-state index in [4.69, 9.17) is 9.47 Å². The molecule has 0 bridgehead atoms. The molecule has 10 heavy (non-hydrogen) atoms. The molecule has 0 N–H and O–H groups in total. The van der Waals surface area contributed by atoms with Gasteiger partial charge in [-0.05, 0) is 5.41 Å². The van der Waals surface area contributed by atoms with E-state index in [1.165, 1.54) is 0 Å². The molecule has 0 fully saturated rings. The van der Waals surface area contributed by atoms with Crippen LogP contribution in [-0.4, -0.2) is 26.9 Å². The van der Waals surface area contributed by atoms with Crippen molar-refractivity contribution >= 4 is 0 Å². The monoisotopic (exact) mass is 146 g/mol. The minimum atomic E-state index is 0.171. The first-order valence-corrected chi connectivity index (χ1v) is 3.54. The molecule has 0 amide bonds. The number of hydrogen-bond acceptors (Lipinski definition) is 2. The SMILES string of the molecule is COCC(OC)C(C)(C)C. The Morgan fingerprint density at radius 2 is 1.70 bits per heavy atom. The van der Waals surface area contributed by atoms with Gasteiger partial charge in [-0.3, -0.25) is 0 Å². The van der Waals surface area contributed by atoms with Crippen LogP contribution in [0.3, 0.4) is 0 Å². The summed E-state index contributed by atoms with van der Waals surface area (Å²) in [6.07, 6.45) is 0.192. The van der Waals surface area contributed by atoms with E-state index in [1.54, 1.807) is 14.2 Å². The highest BCUT2D eigenvalue weighted by atomic mass is 16.5. The number of hydrogen-bond donors (Lipinski definition) is 0. The Kier molecular flexibility index (Phi) is 3.91. The molecule has 0 saturated heterocycles. The molecule has 0 heterocycles. The van der Waals surface area contributed by atoms with E-state index in [9.17, 15) is 0 Å². The summed E-state index contributed by atoms with van der Waals surface area (Å²) in [6.45, 7) is 7.08. The lowest BCUT2D eigenvalue weighted by atomic mass is 9.89. The Balaban J connectivity index is 3.81. The van der Waals surface area contributed by atoms with Gasteiger partial charge in [0.1, 0.15) is 0 Å². The lowest BCUT2D eigenvalue weighted by molar-refractivity contribution is -0.0347. The van der Waals surface area contributed by atoms with Crippen molar-refractivity contribution in [3.05, 3.63) is 0 Å². The molecule has 0 radical (unpaired) electrons. The Labute approximate surface area is 63.5 Å². The predicted molar refractivity (Wildman–Crippen MR) is 42.1 cm³/mol. The average molecular weight is 146 g/mol. The Morgan fingerprint density at radius 1 is 1.20 bits per heavy atom. The molecule has 2 heteroatoms. The van der Waals surface area contributed by atoms with Crippen molar-refractivity contribution in [3.8, 4) is 0 Å². The second kappa shape index (κ2) is 3.94. The lowest BCUT2D eigenvalue weighted by Crippen LogP contribution is -2.32. The molecule has 0 saturated carbocycles. The summed E-state index contributed by atoms with van der Waals surface area (Å²) in [5, 5.41) is 0. The predicted octanol–water partition coefficient (Wildman–Crippen LogP) is 1.69. The zero-order chi connectivity index (χ0) is 8.20. The van der Waals surface area contributed by atoms with Gasteiger partial charge in [-0.2, -0.15) is 0 Å². The summed E-state index contributed by atoms with van der Waals surface area (Å²) >= 11 is 0. The van der Waals surface area contributed by atoms with Crippen LogP contribution in [0.2, 0.25) is 0 Å². The zero-order valence-corrected chi connectivity index (χ0v) is 7.60. The van der Waals surface area contributed by atoms with Gasteiger partial charge in [-0.1, -0.05) is 20.8 Å². The smallest absolute Gasteiger partial charge is 0.0852 e. The van der Waals surface area contributed by atoms with Crippen molar-refractivity contribution in [2.75, 3.05) is 20.8 Å². The van der Waals surface area contributed by atoms with Gasteiger partial charge >= 0.3 is 0 Å². The van der Waals surface area contributed by atoms with Crippen molar-refractivity contribution in [2.24, 2.45) is 5.41 Å². The first-order chi connectivity index (χ1) is 4.52. The Morgan fingerprint density at radius 3 is 1.80 bits per heavy atom. The van der Waals surface area contributed by atoms with E-state index in [2.05, 4.69) is 20.8 Å². The molecule has 1 unspecified atom stereocenters. The quantitative estimate of drug-likeness (QED) is 0.603. The molecule has 0 rings (SSSR count). The second-order valence-electron chi connectivity index (χ2n) is 3.55. The first-order valence-electron chi connectivity index (χ1n) is 3.54. The molecule has 0 aromatic heterocycles. The van der Waals surface area contributed by atoms with E-state index >= 15 is 0 Å². The van der Waals surface area contributed by atoms with Crippen molar-refractivity contribution in [3.63, 3.8) is 0 Å². The van der Waals surface area contributed by atoms with Crippen LogP contribution >= 0.6 is 0 Å². The van der Waals surface area contributed by atoms with E-state index in [0.29, 0.717) is 6.61 Å². The van der Waals surface area contributed by atoms with Crippen LogP contribution in [-0.2, 0) is 9.47 Å². The van der Waals surface area contributed by atoms with E-state index in [1.807, 2.05) is 0 Å². The fourth-order valence-corrected chi connectivity index (χ4v) is 0.823. The minimum absolute atomic E-state index is 0.171. The molecule has 0 aromatic rings. The van der Waals surface area contributed by atoms with Gasteiger partial charge in [0.25, 0.3) is 0 Å².